The lowest BCUT2D eigenvalue weighted by Gasteiger charge is -2.01. The average molecular weight is 263 g/mol. The van der Waals surface area contributed by atoms with Crippen molar-refractivity contribution in [3.8, 4) is 11.3 Å². The topological polar surface area (TPSA) is 70.1 Å². The first kappa shape index (κ1) is 13.2. The molecule has 1 heterocycles. The number of benzene rings is 1. The van der Waals surface area contributed by atoms with Gasteiger partial charge in [-0.1, -0.05) is 0 Å². The third kappa shape index (κ3) is 2.34. The van der Waals surface area contributed by atoms with Crippen LogP contribution >= 0.6 is 0 Å². The molecule has 0 fully saturated rings. The molecule has 0 atom stereocenters. The summed E-state index contributed by atoms with van der Waals surface area (Å²) in [4.78, 5) is 11.1. The summed E-state index contributed by atoms with van der Waals surface area (Å²) < 4.78 is 19.6. The van der Waals surface area contributed by atoms with Gasteiger partial charge in [0, 0.05) is 12.7 Å². The number of halogens is 1. The first-order valence-corrected chi connectivity index (χ1v) is 5.65. The molecule has 1 aromatic carbocycles. The molecule has 0 saturated carbocycles. The largest absolute Gasteiger partial charge is 0.383 e. The highest BCUT2D eigenvalue weighted by Crippen LogP contribution is 2.27. The number of nitrogen functional groups attached to an aromatic ring is 1. The van der Waals surface area contributed by atoms with Crippen LogP contribution in [0.2, 0.25) is 0 Å². The highest BCUT2D eigenvalue weighted by Gasteiger charge is 2.17. The van der Waals surface area contributed by atoms with Gasteiger partial charge in [0.2, 0.25) is 0 Å². The van der Waals surface area contributed by atoms with Crippen LogP contribution in [0.25, 0.3) is 11.3 Å². The number of carbonyl (C=O) groups excluding carboxylic acids is 1. The van der Waals surface area contributed by atoms with Crippen LogP contribution in [0.5, 0.6) is 0 Å². The fraction of sp³-hybridized carbons (Fsp3) is 0.231. The summed E-state index contributed by atoms with van der Waals surface area (Å²) in [5, 5.41) is 4.22. The second kappa shape index (κ2) is 5.19. The zero-order valence-corrected chi connectivity index (χ0v) is 10.7. The van der Waals surface area contributed by atoms with Gasteiger partial charge in [-0.15, -0.1) is 0 Å². The predicted molar refractivity (Wildman–Crippen MR) is 69.2 cm³/mol. The molecule has 0 spiro atoms. The Bertz CT molecular complexity index is 623. The van der Waals surface area contributed by atoms with Crippen molar-refractivity contribution in [2.24, 2.45) is 0 Å². The van der Waals surface area contributed by atoms with Gasteiger partial charge < -0.3 is 10.5 Å². The summed E-state index contributed by atoms with van der Waals surface area (Å²) in [6.45, 7) is 1.79. The molecule has 2 aromatic rings. The average Bonchev–Trinajstić information content (AvgIpc) is 2.70. The summed E-state index contributed by atoms with van der Waals surface area (Å²) in [5.41, 5.74) is 7.65. The number of ether oxygens (including phenoxy) is 1. The number of hydrogen-bond donors (Lipinski definition) is 1. The van der Waals surface area contributed by atoms with E-state index in [2.05, 4.69) is 5.10 Å². The Morgan fingerprint density at radius 2 is 2.26 bits per heavy atom. The highest BCUT2D eigenvalue weighted by atomic mass is 19.1. The molecular weight excluding hydrogens is 249 g/mol. The van der Waals surface area contributed by atoms with Crippen molar-refractivity contribution < 1.29 is 13.9 Å². The van der Waals surface area contributed by atoms with Crippen molar-refractivity contribution in [2.45, 2.75) is 13.7 Å². The lowest BCUT2D eigenvalue weighted by molar-refractivity contribution is 0.112. The first-order chi connectivity index (χ1) is 9.08. The quantitative estimate of drug-likeness (QED) is 0.856. The Balaban J connectivity index is 2.57. The number of carbonyl (C=O) groups is 1. The number of anilines is 1. The molecule has 0 amide bonds. The molecule has 0 bridgehead atoms. The highest BCUT2D eigenvalue weighted by molar-refractivity contribution is 5.91. The second-order valence-electron chi connectivity index (χ2n) is 4.15. The molecule has 100 valence electrons. The molecular formula is C13H14FN3O2. The second-order valence-corrected chi connectivity index (χ2v) is 4.15. The van der Waals surface area contributed by atoms with E-state index in [1.165, 1.54) is 17.9 Å². The Labute approximate surface area is 109 Å². The molecule has 0 saturated heterocycles. The molecule has 2 N–H and O–H groups in total. The van der Waals surface area contributed by atoms with E-state index >= 15 is 0 Å². The van der Waals surface area contributed by atoms with Gasteiger partial charge in [0.15, 0.2) is 6.29 Å². The van der Waals surface area contributed by atoms with Gasteiger partial charge in [-0.2, -0.15) is 5.10 Å². The molecule has 1 aromatic heterocycles. The number of aromatic nitrogens is 2. The first-order valence-electron chi connectivity index (χ1n) is 5.65. The van der Waals surface area contributed by atoms with Crippen LogP contribution in [0.4, 0.5) is 10.2 Å². The molecule has 0 aliphatic carbocycles. The molecule has 0 aliphatic heterocycles. The van der Waals surface area contributed by atoms with Crippen LogP contribution in [0.15, 0.2) is 18.2 Å². The monoisotopic (exact) mass is 263 g/mol. The summed E-state index contributed by atoms with van der Waals surface area (Å²) >= 11 is 0. The number of nitrogens with zero attached hydrogens (tertiary/aromatic N) is 2. The SMILES string of the molecule is COCn1nc(-c2ccc(F)c(C)c2)c(C=O)c1N. The van der Waals surface area contributed by atoms with E-state index in [9.17, 15) is 9.18 Å². The number of nitrogens with two attached hydrogens (primary N) is 1. The van der Waals surface area contributed by atoms with Crippen LogP contribution < -0.4 is 5.73 Å². The molecule has 0 aliphatic rings. The number of hydrogen-bond acceptors (Lipinski definition) is 4. The molecule has 6 heteroatoms. The summed E-state index contributed by atoms with van der Waals surface area (Å²) in [6, 6.07) is 4.53. The van der Waals surface area contributed by atoms with E-state index in [-0.39, 0.29) is 23.9 Å². The third-order valence-electron chi connectivity index (χ3n) is 2.83. The van der Waals surface area contributed by atoms with Gasteiger partial charge in [0.25, 0.3) is 0 Å². The van der Waals surface area contributed by atoms with E-state index in [0.29, 0.717) is 23.1 Å². The Morgan fingerprint density at radius 1 is 1.53 bits per heavy atom. The molecule has 5 nitrogen and oxygen atoms in total. The minimum atomic E-state index is -0.305. The van der Waals surface area contributed by atoms with E-state index in [0.717, 1.165) is 0 Å². The number of aldehydes is 1. The molecule has 0 unspecified atom stereocenters. The summed E-state index contributed by atoms with van der Waals surface area (Å²) in [6.07, 6.45) is 0.641. The third-order valence-corrected chi connectivity index (χ3v) is 2.83. The van der Waals surface area contributed by atoms with E-state index in [1.54, 1.807) is 19.1 Å². The predicted octanol–water partition coefficient (Wildman–Crippen LogP) is 2.00. The smallest absolute Gasteiger partial charge is 0.156 e. The van der Waals surface area contributed by atoms with Gasteiger partial charge in [0.05, 0.1) is 5.56 Å². The zero-order chi connectivity index (χ0) is 14.0. The van der Waals surface area contributed by atoms with Gasteiger partial charge in [-0.3, -0.25) is 4.79 Å². The van der Waals surface area contributed by atoms with Gasteiger partial charge in [0.1, 0.15) is 24.1 Å². The molecule has 2 rings (SSSR count). The normalized spacial score (nSPS) is 10.7. The van der Waals surface area contributed by atoms with Crippen LogP contribution in [-0.2, 0) is 11.5 Å². The van der Waals surface area contributed by atoms with Crippen LogP contribution in [-0.4, -0.2) is 23.2 Å². The fourth-order valence-corrected chi connectivity index (χ4v) is 1.83. The number of rotatable bonds is 4. The lowest BCUT2D eigenvalue weighted by Crippen LogP contribution is -2.06. The van der Waals surface area contributed by atoms with Gasteiger partial charge in [-0.25, -0.2) is 9.07 Å². The van der Waals surface area contributed by atoms with Crippen molar-refractivity contribution in [1.82, 2.24) is 9.78 Å². The Morgan fingerprint density at radius 3 is 2.84 bits per heavy atom. The van der Waals surface area contributed by atoms with Gasteiger partial charge in [-0.05, 0) is 30.7 Å². The molecule has 0 radical (unpaired) electrons. The van der Waals surface area contributed by atoms with Crippen molar-refractivity contribution in [1.29, 1.82) is 0 Å². The molecule has 19 heavy (non-hydrogen) atoms. The van der Waals surface area contributed by atoms with Crippen molar-refractivity contribution in [2.75, 3.05) is 12.8 Å². The van der Waals surface area contributed by atoms with E-state index in [1.807, 2.05) is 0 Å². The van der Waals surface area contributed by atoms with Crippen molar-refractivity contribution in [3.63, 3.8) is 0 Å². The number of methoxy groups -OCH3 is 1. The van der Waals surface area contributed by atoms with Crippen molar-refractivity contribution in [3.05, 3.63) is 35.1 Å². The van der Waals surface area contributed by atoms with Crippen molar-refractivity contribution >= 4 is 12.1 Å². The Hall–Kier alpha value is -2.21. The minimum Gasteiger partial charge on any atom is -0.383 e. The van der Waals surface area contributed by atoms with E-state index in [4.69, 9.17) is 10.5 Å². The fourth-order valence-electron chi connectivity index (χ4n) is 1.83. The maximum Gasteiger partial charge on any atom is 0.156 e. The Kier molecular flexibility index (Phi) is 3.62. The lowest BCUT2D eigenvalue weighted by atomic mass is 10.1. The standard InChI is InChI=1S/C13H14FN3O2/c1-8-5-9(3-4-11(8)14)12-10(6-18)13(15)17(16-12)7-19-2/h3-6H,7,15H2,1-2H3. The van der Waals surface area contributed by atoms with Crippen LogP contribution in [0, 0.1) is 12.7 Å². The number of aryl methyl sites for hydroxylation is 1. The summed E-state index contributed by atoms with van der Waals surface area (Å²) in [7, 11) is 1.50. The van der Waals surface area contributed by atoms with Crippen LogP contribution in [0.3, 0.4) is 0 Å². The van der Waals surface area contributed by atoms with Crippen LogP contribution in [0.1, 0.15) is 15.9 Å². The minimum absolute atomic E-state index is 0.146. The maximum atomic E-state index is 13.3. The van der Waals surface area contributed by atoms with Gasteiger partial charge >= 0.3 is 0 Å². The maximum absolute atomic E-state index is 13.3. The summed E-state index contributed by atoms with van der Waals surface area (Å²) in [5.74, 6) is -0.0745. The van der Waals surface area contributed by atoms with E-state index < -0.39 is 0 Å². The zero-order valence-electron chi connectivity index (χ0n) is 10.7.